The number of ether oxygens (including phenoxy) is 3. The summed E-state index contributed by atoms with van der Waals surface area (Å²) in [6.45, 7) is 3.62. The molecule has 5 nitrogen and oxygen atoms in total. The molecule has 146 valence electrons. The number of carbonyl (C=O) groups is 1. The van der Waals surface area contributed by atoms with Crippen LogP contribution in [0.2, 0.25) is 0 Å². The van der Waals surface area contributed by atoms with Gasteiger partial charge in [0.05, 0.1) is 20.5 Å². The molecule has 8 heteroatoms. The number of allylic oxidation sites excluding steroid dienone is 4. The summed E-state index contributed by atoms with van der Waals surface area (Å²) in [6.07, 6.45) is -0.304. The van der Waals surface area contributed by atoms with Gasteiger partial charge in [-0.2, -0.15) is 13.2 Å². The first-order valence-electron chi connectivity index (χ1n) is 7.63. The summed E-state index contributed by atoms with van der Waals surface area (Å²) >= 11 is 0. The summed E-state index contributed by atoms with van der Waals surface area (Å²) in [6, 6.07) is 6.88. The molecule has 0 fully saturated rings. The predicted molar refractivity (Wildman–Crippen MR) is 94.8 cm³/mol. The highest BCUT2D eigenvalue weighted by molar-refractivity contribution is 6.16. The van der Waals surface area contributed by atoms with E-state index in [1.165, 1.54) is 26.6 Å². The molecule has 0 unspecified atom stereocenters. The first-order chi connectivity index (χ1) is 12.7. The highest BCUT2D eigenvalue weighted by atomic mass is 19.4. The zero-order valence-electron chi connectivity index (χ0n) is 14.9. The van der Waals surface area contributed by atoms with Crippen molar-refractivity contribution in [3.63, 3.8) is 0 Å². The quantitative estimate of drug-likeness (QED) is 0.320. The second kappa shape index (κ2) is 10.1. The van der Waals surface area contributed by atoms with Gasteiger partial charge in [-0.1, -0.05) is 36.9 Å². The summed E-state index contributed by atoms with van der Waals surface area (Å²) in [5.41, 5.74) is 5.00. The molecule has 0 bridgehead atoms. The van der Waals surface area contributed by atoms with Crippen molar-refractivity contribution in [2.24, 2.45) is 5.73 Å². The zero-order chi connectivity index (χ0) is 20.4. The van der Waals surface area contributed by atoms with E-state index in [0.29, 0.717) is 17.2 Å². The van der Waals surface area contributed by atoms with Crippen LogP contribution >= 0.6 is 0 Å². The first-order valence-corrected chi connectivity index (χ1v) is 7.63. The molecule has 0 atom stereocenters. The van der Waals surface area contributed by atoms with E-state index in [1.807, 2.05) is 0 Å². The normalized spacial score (nSPS) is 12.8. The molecule has 1 aromatic carbocycles. The molecule has 0 saturated heterocycles. The Bertz CT molecular complexity index is 764. The molecular weight excluding hydrogens is 363 g/mol. The summed E-state index contributed by atoms with van der Waals surface area (Å²) in [4.78, 5) is 11.9. The van der Waals surface area contributed by atoms with Gasteiger partial charge in [-0.15, -0.1) is 0 Å². The maximum absolute atomic E-state index is 12.3. The summed E-state index contributed by atoms with van der Waals surface area (Å²) < 4.78 is 51.9. The largest absolute Gasteiger partial charge is 0.503 e. The highest BCUT2D eigenvalue weighted by Crippen LogP contribution is 2.23. The molecule has 0 saturated carbocycles. The standard InChI is InChI=1S/C19H20F3NO4/c1-13(7-6-10-17(23)19(20,21)22)27-11-14-8-4-5-9-15(14)16(12-25-2)18(24)26-3/h4-10,12H,1,11,23H2,2-3H3/b7-6-,16-12+,17-10-. The van der Waals surface area contributed by atoms with Crippen molar-refractivity contribution in [1.29, 1.82) is 0 Å². The number of methoxy groups -OCH3 is 2. The average Bonchev–Trinajstić information content (AvgIpc) is 2.63. The van der Waals surface area contributed by atoms with Crippen LogP contribution in [0.5, 0.6) is 0 Å². The van der Waals surface area contributed by atoms with Crippen molar-refractivity contribution in [2.75, 3.05) is 14.2 Å². The third-order valence-corrected chi connectivity index (χ3v) is 3.25. The number of hydrogen-bond donors (Lipinski definition) is 1. The average molecular weight is 383 g/mol. The van der Waals surface area contributed by atoms with Gasteiger partial charge in [0.15, 0.2) is 0 Å². The van der Waals surface area contributed by atoms with E-state index < -0.39 is 17.8 Å². The number of esters is 1. The lowest BCUT2D eigenvalue weighted by Gasteiger charge is -2.12. The molecule has 0 aliphatic heterocycles. The Morgan fingerprint density at radius 2 is 1.93 bits per heavy atom. The van der Waals surface area contributed by atoms with E-state index in [1.54, 1.807) is 24.3 Å². The van der Waals surface area contributed by atoms with E-state index in [0.717, 1.165) is 6.08 Å². The molecule has 0 amide bonds. The minimum atomic E-state index is -4.59. The van der Waals surface area contributed by atoms with Crippen molar-refractivity contribution in [3.8, 4) is 0 Å². The third-order valence-electron chi connectivity index (χ3n) is 3.25. The number of hydrogen-bond acceptors (Lipinski definition) is 5. The van der Waals surface area contributed by atoms with E-state index in [9.17, 15) is 18.0 Å². The Morgan fingerprint density at radius 3 is 2.52 bits per heavy atom. The van der Waals surface area contributed by atoms with Gasteiger partial charge in [0.2, 0.25) is 0 Å². The van der Waals surface area contributed by atoms with Gasteiger partial charge in [0.1, 0.15) is 23.6 Å². The fourth-order valence-corrected chi connectivity index (χ4v) is 1.93. The number of benzene rings is 1. The maximum atomic E-state index is 12.3. The van der Waals surface area contributed by atoms with Crippen LogP contribution in [0.3, 0.4) is 0 Å². The molecular formula is C19H20F3NO4. The Labute approximate surface area is 155 Å². The number of rotatable bonds is 8. The van der Waals surface area contributed by atoms with E-state index in [2.05, 4.69) is 6.58 Å². The lowest BCUT2D eigenvalue weighted by molar-refractivity contribution is -0.133. The van der Waals surface area contributed by atoms with Crippen LogP contribution in [0.15, 0.2) is 66.8 Å². The van der Waals surface area contributed by atoms with Crippen molar-refractivity contribution in [2.45, 2.75) is 12.8 Å². The molecule has 0 heterocycles. The summed E-state index contributed by atoms with van der Waals surface area (Å²) in [5, 5.41) is 0. The van der Waals surface area contributed by atoms with Crippen molar-refractivity contribution in [3.05, 3.63) is 77.9 Å². The van der Waals surface area contributed by atoms with Crippen molar-refractivity contribution >= 4 is 11.5 Å². The second-order valence-corrected chi connectivity index (χ2v) is 5.15. The SMILES string of the molecule is C=C(/C=C\C=C(/N)C(F)(F)F)OCc1ccccc1/C(=C\OC)C(=O)OC. The molecule has 27 heavy (non-hydrogen) atoms. The van der Waals surface area contributed by atoms with E-state index >= 15 is 0 Å². The van der Waals surface area contributed by atoms with Gasteiger partial charge in [0.25, 0.3) is 0 Å². The van der Waals surface area contributed by atoms with Crippen LogP contribution in [0.1, 0.15) is 11.1 Å². The third kappa shape index (κ3) is 6.93. The molecule has 1 rings (SSSR count). The topological polar surface area (TPSA) is 70.8 Å². The first kappa shape index (κ1) is 21.9. The van der Waals surface area contributed by atoms with Crippen LogP contribution in [0.25, 0.3) is 5.57 Å². The van der Waals surface area contributed by atoms with Gasteiger partial charge in [-0.25, -0.2) is 4.79 Å². The van der Waals surface area contributed by atoms with Gasteiger partial charge in [-0.05, 0) is 23.3 Å². The van der Waals surface area contributed by atoms with E-state index in [-0.39, 0.29) is 17.9 Å². The van der Waals surface area contributed by atoms with Crippen molar-refractivity contribution < 1.29 is 32.2 Å². The monoisotopic (exact) mass is 383 g/mol. The van der Waals surface area contributed by atoms with E-state index in [4.69, 9.17) is 19.9 Å². The smallest absolute Gasteiger partial charge is 0.430 e. The number of nitrogens with two attached hydrogens (primary N) is 1. The Balaban J connectivity index is 2.88. The van der Waals surface area contributed by atoms with Crippen LogP contribution in [-0.2, 0) is 25.6 Å². The van der Waals surface area contributed by atoms with Crippen LogP contribution in [0, 0.1) is 0 Å². The second-order valence-electron chi connectivity index (χ2n) is 5.15. The molecule has 0 radical (unpaired) electrons. The fourth-order valence-electron chi connectivity index (χ4n) is 1.93. The van der Waals surface area contributed by atoms with Crippen molar-refractivity contribution in [1.82, 2.24) is 0 Å². The van der Waals surface area contributed by atoms with Crippen LogP contribution in [-0.4, -0.2) is 26.4 Å². The lowest BCUT2D eigenvalue weighted by Crippen LogP contribution is -2.18. The van der Waals surface area contributed by atoms with Gasteiger partial charge >= 0.3 is 12.1 Å². The minimum absolute atomic E-state index is 0.0237. The minimum Gasteiger partial charge on any atom is -0.503 e. The Hall–Kier alpha value is -3.16. The summed E-state index contributed by atoms with van der Waals surface area (Å²) in [5.74, 6) is -0.470. The maximum Gasteiger partial charge on any atom is 0.430 e. The number of alkyl halides is 3. The van der Waals surface area contributed by atoms with Crippen LogP contribution < -0.4 is 5.73 Å². The number of halogens is 3. The molecule has 0 spiro atoms. The van der Waals surface area contributed by atoms with Gasteiger partial charge in [-0.3, -0.25) is 0 Å². The molecule has 0 aromatic heterocycles. The molecule has 0 aliphatic rings. The number of carbonyl (C=O) groups excluding carboxylic acids is 1. The molecule has 1 aromatic rings. The summed E-state index contributed by atoms with van der Waals surface area (Å²) in [7, 11) is 2.65. The molecule has 0 aliphatic carbocycles. The van der Waals surface area contributed by atoms with Gasteiger partial charge < -0.3 is 19.9 Å². The highest BCUT2D eigenvalue weighted by Gasteiger charge is 2.30. The van der Waals surface area contributed by atoms with Gasteiger partial charge in [0, 0.05) is 0 Å². The lowest BCUT2D eigenvalue weighted by atomic mass is 10.0. The zero-order valence-corrected chi connectivity index (χ0v) is 14.9. The predicted octanol–water partition coefficient (Wildman–Crippen LogP) is 3.84. The Kier molecular flexibility index (Phi) is 8.19. The Morgan fingerprint density at radius 1 is 1.26 bits per heavy atom. The fraction of sp³-hybridized carbons (Fsp3) is 0.211. The molecule has 2 N–H and O–H groups in total. The van der Waals surface area contributed by atoms with Crippen LogP contribution in [0.4, 0.5) is 13.2 Å².